The number of aromatic nitrogens is 2. The number of ether oxygens (including phenoxy) is 1. The molecule has 0 aliphatic carbocycles. The third-order valence-electron chi connectivity index (χ3n) is 2.73. The molecule has 1 saturated heterocycles. The molecule has 22 heavy (non-hydrogen) atoms. The van der Waals surface area contributed by atoms with E-state index in [1.54, 1.807) is 6.92 Å². The summed E-state index contributed by atoms with van der Waals surface area (Å²) in [6.07, 6.45) is 2.55. The fraction of sp³-hybridized carbons (Fsp3) is 0.600. The smallest absolute Gasteiger partial charge is 0.364 e. The molecular formula is C10H16B2N2O7P+. The van der Waals surface area contributed by atoms with Crippen LogP contribution in [0.1, 0.15) is 24.6 Å². The summed E-state index contributed by atoms with van der Waals surface area (Å²) in [7, 11) is 6.17. The molecule has 2 atom stereocenters. The Bertz CT molecular complexity index is 600. The summed E-state index contributed by atoms with van der Waals surface area (Å²) in [5.74, 6) is 0. The topological polar surface area (TPSA) is 134 Å². The van der Waals surface area contributed by atoms with Crippen molar-refractivity contribution in [2.24, 2.45) is 0 Å². The fourth-order valence-electron chi connectivity index (χ4n) is 1.75. The molecule has 2 heterocycles. The van der Waals surface area contributed by atoms with Crippen LogP contribution < -0.4 is 11.2 Å². The minimum absolute atomic E-state index is 0.325. The van der Waals surface area contributed by atoms with Crippen molar-refractivity contribution in [3.05, 3.63) is 32.6 Å². The van der Waals surface area contributed by atoms with Gasteiger partial charge in [-0.25, -0.2) is 4.79 Å². The normalized spacial score (nSPS) is 21.3. The molecule has 4 N–H and O–H groups in total. The summed E-state index contributed by atoms with van der Waals surface area (Å²) in [6.45, 7) is 1.25. The van der Waals surface area contributed by atoms with E-state index >= 15 is 0 Å². The van der Waals surface area contributed by atoms with E-state index in [2.05, 4.69) is 17.4 Å². The first kappa shape index (κ1) is 19.1. The number of aryl methyl sites for hydroxylation is 1. The molecule has 118 valence electrons. The number of rotatable bonds is 3. The van der Waals surface area contributed by atoms with E-state index in [1.165, 1.54) is 10.8 Å². The summed E-state index contributed by atoms with van der Waals surface area (Å²) < 4.78 is 10.5. The van der Waals surface area contributed by atoms with Crippen LogP contribution in [0.25, 0.3) is 0 Å². The second kappa shape index (κ2) is 8.05. The number of nitrogens with one attached hydrogen (secondary N) is 1. The van der Waals surface area contributed by atoms with Crippen LogP contribution in [0.5, 0.6) is 0 Å². The largest absolute Gasteiger partial charge is 0.566 e. The summed E-state index contributed by atoms with van der Waals surface area (Å²) in [4.78, 5) is 48.7. The van der Waals surface area contributed by atoms with Crippen LogP contribution >= 0.6 is 8.17 Å². The second-order valence-corrected chi connectivity index (χ2v) is 5.78. The molecule has 1 aromatic heterocycles. The Morgan fingerprint density at radius 1 is 1.45 bits per heavy atom. The molecule has 0 bridgehead atoms. The molecule has 0 amide bonds. The van der Waals surface area contributed by atoms with E-state index in [0.717, 1.165) is 6.42 Å². The van der Waals surface area contributed by atoms with Crippen molar-refractivity contribution in [3.8, 4) is 0 Å². The molecule has 4 radical (unpaired) electrons. The molecule has 9 nitrogen and oxygen atoms in total. The molecule has 1 aliphatic rings. The summed E-state index contributed by atoms with van der Waals surface area (Å²) in [6, 6.07) is -0.325. The van der Waals surface area contributed by atoms with Crippen molar-refractivity contribution in [3.63, 3.8) is 0 Å². The van der Waals surface area contributed by atoms with E-state index in [0.29, 0.717) is 12.0 Å². The first-order chi connectivity index (χ1) is 10.1. The fourth-order valence-corrected chi connectivity index (χ4v) is 1.95. The van der Waals surface area contributed by atoms with Crippen LogP contribution in [0.2, 0.25) is 0 Å². The predicted octanol–water partition coefficient (Wildman–Crippen LogP) is -1.57. The SMILES string of the molecule is [B]CO[P+](O)(O)O.[B][C@@H]1CCC(n2cc(C)c(=O)[nH]c2=O)O1. The first-order valence-corrected chi connectivity index (χ1v) is 7.85. The Morgan fingerprint density at radius 2 is 2.09 bits per heavy atom. The van der Waals surface area contributed by atoms with Gasteiger partial charge in [0, 0.05) is 17.8 Å². The second-order valence-electron chi connectivity index (χ2n) is 4.49. The Morgan fingerprint density at radius 3 is 2.50 bits per heavy atom. The minimum Gasteiger partial charge on any atom is -0.364 e. The van der Waals surface area contributed by atoms with Crippen LogP contribution in [0.4, 0.5) is 0 Å². The number of nitrogens with zero attached hydrogens (tertiary/aromatic N) is 1. The number of aromatic amines is 1. The zero-order valence-electron chi connectivity index (χ0n) is 11.9. The molecule has 0 spiro atoms. The van der Waals surface area contributed by atoms with Gasteiger partial charge in [0.05, 0.1) is 6.51 Å². The Kier molecular flexibility index (Phi) is 6.98. The molecule has 0 saturated carbocycles. The van der Waals surface area contributed by atoms with Crippen molar-refractivity contribution in [2.45, 2.75) is 32.0 Å². The summed E-state index contributed by atoms with van der Waals surface area (Å²) in [5, 5.41) is 0. The lowest BCUT2D eigenvalue weighted by atomic mass is 9.98. The monoisotopic (exact) mass is 329 g/mol. The lowest BCUT2D eigenvalue weighted by molar-refractivity contribution is 0.0339. The van der Waals surface area contributed by atoms with Crippen molar-refractivity contribution < 1.29 is 23.9 Å². The number of H-pyrrole nitrogens is 1. The number of hydrogen-bond acceptors (Lipinski definition) is 7. The van der Waals surface area contributed by atoms with Gasteiger partial charge in [-0.15, -0.1) is 0 Å². The minimum atomic E-state index is -4.04. The van der Waals surface area contributed by atoms with Crippen LogP contribution in [-0.4, -0.2) is 52.4 Å². The molecule has 1 aliphatic heterocycles. The van der Waals surface area contributed by atoms with Gasteiger partial charge in [-0.3, -0.25) is 14.3 Å². The van der Waals surface area contributed by atoms with Gasteiger partial charge >= 0.3 is 13.9 Å². The summed E-state index contributed by atoms with van der Waals surface area (Å²) >= 11 is 0. The molecule has 1 aromatic rings. The van der Waals surface area contributed by atoms with E-state index in [4.69, 9.17) is 27.3 Å². The van der Waals surface area contributed by atoms with Gasteiger partial charge in [0.2, 0.25) is 0 Å². The summed E-state index contributed by atoms with van der Waals surface area (Å²) in [5.41, 5.74) is -0.332. The van der Waals surface area contributed by atoms with Gasteiger partial charge in [-0.2, -0.15) is 19.2 Å². The highest BCUT2D eigenvalue weighted by Crippen LogP contribution is 2.44. The van der Waals surface area contributed by atoms with Crippen molar-refractivity contribution in [1.82, 2.24) is 9.55 Å². The third-order valence-corrected chi connectivity index (χ3v) is 3.23. The first-order valence-electron chi connectivity index (χ1n) is 6.29. The van der Waals surface area contributed by atoms with Gasteiger partial charge in [0.1, 0.15) is 21.9 Å². The van der Waals surface area contributed by atoms with Gasteiger partial charge < -0.3 is 4.74 Å². The van der Waals surface area contributed by atoms with Crippen molar-refractivity contribution >= 4 is 23.9 Å². The maximum atomic E-state index is 11.5. The van der Waals surface area contributed by atoms with Crippen LogP contribution in [-0.2, 0) is 9.26 Å². The lowest BCUT2D eigenvalue weighted by Crippen LogP contribution is -2.33. The molecular weight excluding hydrogens is 313 g/mol. The molecule has 0 aromatic carbocycles. The van der Waals surface area contributed by atoms with E-state index in [1.807, 2.05) is 0 Å². The van der Waals surface area contributed by atoms with Gasteiger partial charge in [0.25, 0.3) is 5.56 Å². The third kappa shape index (κ3) is 6.04. The quantitative estimate of drug-likeness (QED) is 0.389. The lowest BCUT2D eigenvalue weighted by Gasteiger charge is -2.14. The van der Waals surface area contributed by atoms with E-state index in [-0.39, 0.29) is 17.8 Å². The predicted molar refractivity (Wildman–Crippen MR) is 80.2 cm³/mol. The highest BCUT2D eigenvalue weighted by molar-refractivity contribution is 7.53. The van der Waals surface area contributed by atoms with Gasteiger partial charge in [0.15, 0.2) is 0 Å². The maximum Gasteiger partial charge on any atom is 0.566 e. The van der Waals surface area contributed by atoms with Gasteiger partial charge in [-0.1, -0.05) is 0 Å². The maximum absolute atomic E-state index is 11.5. The Balaban J connectivity index is 0.000000295. The Hall–Kier alpha value is -0.960. The zero-order valence-corrected chi connectivity index (χ0v) is 12.8. The molecule has 12 heteroatoms. The average Bonchev–Trinajstić information content (AvgIpc) is 2.79. The number of hydrogen-bond donors (Lipinski definition) is 4. The molecule has 2 rings (SSSR count). The Labute approximate surface area is 129 Å². The average molecular weight is 329 g/mol. The highest BCUT2D eigenvalue weighted by atomic mass is 31.2. The highest BCUT2D eigenvalue weighted by Gasteiger charge is 2.31. The van der Waals surface area contributed by atoms with E-state index in [9.17, 15) is 9.59 Å². The zero-order chi connectivity index (χ0) is 16.9. The van der Waals surface area contributed by atoms with Crippen LogP contribution in [0, 0.1) is 6.92 Å². The molecule has 1 fully saturated rings. The van der Waals surface area contributed by atoms with Crippen LogP contribution in [0.3, 0.4) is 0 Å². The van der Waals surface area contributed by atoms with Gasteiger partial charge in [-0.05, 0) is 19.8 Å². The van der Waals surface area contributed by atoms with Crippen molar-refractivity contribution in [1.29, 1.82) is 0 Å². The van der Waals surface area contributed by atoms with Crippen LogP contribution in [0.15, 0.2) is 15.8 Å². The van der Waals surface area contributed by atoms with E-state index < -0.39 is 20.4 Å². The standard InChI is InChI=1S/C9H11BN2O3.CH5BO4P/c1-5-4-12(9(14)11-8(5)13)7-3-2-6(10)15-7;2-1-6-7(3,4)5/h4,6-7H,2-3H2,1H3,(H,11,13,14);3-5H,1H2/q;+1/t6-,7?;/m0./s1. The molecule has 1 unspecified atom stereocenters. The van der Waals surface area contributed by atoms with Crippen molar-refractivity contribution in [2.75, 3.05) is 6.51 Å².